The first-order valence-corrected chi connectivity index (χ1v) is 8.06. The number of benzene rings is 1. The van der Waals surface area contributed by atoms with E-state index in [1.54, 1.807) is 0 Å². The molecule has 4 nitrogen and oxygen atoms in total. The van der Waals surface area contributed by atoms with E-state index < -0.39 is 0 Å². The van der Waals surface area contributed by atoms with Crippen molar-refractivity contribution in [3.63, 3.8) is 0 Å². The van der Waals surface area contributed by atoms with Crippen LogP contribution in [0.15, 0.2) is 24.3 Å². The van der Waals surface area contributed by atoms with E-state index in [0.717, 1.165) is 50.1 Å². The molecular formula is C18H31N3O. The summed E-state index contributed by atoms with van der Waals surface area (Å²) in [5.41, 5.74) is 1.88. The summed E-state index contributed by atoms with van der Waals surface area (Å²) in [6.07, 6.45) is 2.01. The van der Waals surface area contributed by atoms with Crippen LogP contribution < -0.4 is 0 Å². The molecule has 0 bridgehead atoms. The number of hydrogen-bond acceptors (Lipinski definition) is 3. The van der Waals surface area contributed by atoms with Gasteiger partial charge in [0.2, 0.25) is 0 Å². The molecule has 22 heavy (non-hydrogen) atoms. The molecule has 0 fully saturated rings. The fourth-order valence-electron chi connectivity index (χ4n) is 2.45. The van der Waals surface area contributed by atoms with Gasteiger partial charge in [0.15, 0.2) is 0 Å². The molecule has 0 N–H and O–H groups in total. The third kappa shape index (κ3) is 6.58. The number of aryl methyl sites for hydroxylation is 1. The van der Waals surface area contributed by atoms with Crippen molar-refractivity contribution < 1.29 is 4.79 Å². The second-order valence-corrected chi connectivity index (χ2v) is 6.42. The number of rotatable bonds is 9. The summed E-state index contributed by atoms with van der Waals surface area (Å²) in [4.78, 5) is 19.2. The van der Waals surface area contributed by atoms with Crippen LogP contribution in [0.5, 0.6) is 0 Å². The normalized spacial score (nSPS) is 11.2. The Hall–Kier alpha value is -1.39. The molecule has 1 amide bonds. The Morgan fingerprint density at radius 1 is 0.864 bits per heavy atom. The SMILES string of the molecule is Cc1ccccc1C(=O)N(CCCN(C)C)CCCN(C)C. The topological polar surface area (TPSA) is 26.8 Å². The fourth-order valence-corrected chi connectivity index (χ4v) is 2.45. The molecule has 0 atom stereocenters. The summed E-state index contributed by atoms with van der Waals surface area (Å²) in [5.74, 6) is 0.163. The van der Waals surface area contributed by atoms with Gasteiger partial charge >= 0.3 is 0 Å². The first-order valence-electron chi connectivity index (χ1n) is 8.06. The second-order valence-electron chi connectivity index (χ2n) is 6.42. The van der Waals surface area contributed by atoms with Gasteiger partial charge in [-0.15, -0.1) is 0 Å². The van der Waals surface area contributed by atoms with E-state index in [-0.39, 0.29) is 5.91 Å². The van der Waals surface area contributed by atoms with Crippen LogP contribution in [0.1, 0.15) is 28.8 Å². The maximum absolute atomic E-state index is 12.8. The molecule has 0 heterocycles. The predicted octanol–water partition coefficient (Wildman–Crippen LogP) is 2.34. The number of nitrogens with zero attached hydrogens (tertiary/aromatic N) is 3. The molecule has 0 saturated carbocycles. The highest BCUT2D eigenvalue weighted by atomic mass is 16.2. The lowest BCUT2D eigenvalue weighted by Crippen LogP contribution is -2.35. The van der Waals surface area contributed by atoms with Gasteiger partial charge in [-0.1, -0.05) is 18.2 Å². The van der Waals surface area contributed by atoms with Crippen molar-refractivity contribution in [3.8, 4) is 0 Å². The second kappa shape index (κ2) is 9.59. The van der Waals surface area contributed by atoms with Gasteiger partial charge in [0, 0.05) is 18.7 Å². The standard InChI is InChI=1S/C18H31N3O/c1-16-10-6-7-11-17(16)18(22)21(14-8-12-19(2)3)15-9-13-20(4)5/h6-7,10-11H,8-9,12-15H2,1-5H3. The molecule has 0 aliphatic rings. The molecule has 4 heteroatoms. The first-order chi connectivity index (χ1) is 10.4. The summed E-state index contributed by atoms with van der Waals surface area (Å²) in [5, 5.41) is 0. The van der Waals surface area contributed by atoms with Crippen molar-refractivity contribution in [2.45, 2.75) is 19.8 Å². The largest absolute Gasteiger partial charge is 0.339 e. The Morgan fingerprint density at radius 2 is 1.36 bits per heavy atom. The molecule has 0 aliphatic carbocycles. The number of amides is 1. The minimum atomic E-state index is 0.163. The minimum absolute atomic E-state index is 0.163. The Labute approximate surface area is 135 Å². The van der Waals surface area contributed by atoms with Gasteiger partial charge in [0.1, 0.15) is 0 Å². The molecule has 0 aromatic heterocycles. The van der Waals surface area contributed by atoms with Gasteiger partial charge in [-0.3, -0.25) is 4.79 Å². The van der Waals surface area contributed by atoms with Crippen LogP contribution in [0.4, 0.5) is 0 Å². The van der Waals surface area contributed by atoms with Crippen LogP contribution in [0.25, 0.3) is 0 Å². The van der Waals surface area contributed by atoms with Gasteiger partial charge in [-0.2, -0.15) is 0 Å². The zero-order chi connectivity index (χ0) is 16.5. The van der Waals surface area contributed by atoms with Crippen LogP contribution >= 0.6 is 0 Å². The molecule has 0 radical (unpaired) electrons. The maximum atomic E-state index is 12.8. The van der Waals surface area contributed by atoms with Gasteiger partial charge in [0.05, 0.1) is 0 Å². The molecule has 0 spiro atoms. The highest BCUT2D eigenvalue weighted by molar-refractivity contribution is 5.95. The zero-order valence-corrected chi connectivity index (χ0v) is 14.8. The van der Waals surface area contributed by atoms with Crippen molar-refractivity contribution in [2.75, 3.05) is 54.4 Å². The van der Waals surface area contributed by atoms with E-state index in [1.165, 1.54) is 0 Å². The summed E-state index contributed by atoms with van der Waals surface area (Å²) in [7, 11) is 8.28. The molecule has 1 aromatic carbocycles. The quantitative estimate of drug-likeness (QED) is 0.701. The van der Waals surface area contributed by atoms with Crippen molar-refractivity contribution in [1.82, 2.24) is 14.7 Å². The van der Waals surface area contributed by atoms with Gasteiger partial charge in [-0.05, 0) is 72.7 Å². The Kier molecular flexibility index (Phi) is 8.13. The van der Waals surface area contributed by atoms with Crippen molar-refractivity contribution >= 4 is 5.91 Å². The third-order valence-corrected chi connectivity index (χ3v) is 3.73. The molecule has 1 rings (SSSR count). The van der Waals surface area contributed by atoms with E-state index >= 15 is 0 Å². The van der Waals surface area contributed by atoms with Gasteiger partial charge in [0.25, 0.3) is 5.91 Å². The first kappa shape index (κ1) is 18.7. The van der Waals surface area contributed by atoms with Crippen LogP contribution in [-0.4, -0.2) is 75.0 Å². The Balaban J connectivity index is 2.70. The highest BCUT2D eigenvalue weighted by Gasteiger charge is 2.16. The van der Waals surface area contributed by atoms with Gasteiger partial charge in [-0.25, -0.2) is 0 Å². The van der Waals surface area contributed by atoms with E-state index in [4.69, 9.17) is 0 Å². The minimum Gasteiger partial charge on any atom is -0.339 e. The summed E-state index contributed by atoms with van der Waals surface area (Å²) >= 11 is 0. The summed E-state index contributed by atoms with van der Waals surface area (Å²) in [6, 6.07) is 7.86. The van der Waals surface area contributed by atoms with E-state index in [9.17, 15) is 4.79 Å². The van der Waals surface area contributed by atoms with E-state index in [0.29, 0.717) is 0 Å². The number of hydrogen-bond donors (Lipinski definition) is 0. The lowest BCUT2D eigenvalue weighted by Gasteiger charge is -2.25. The van der Waals surface area contributed by atoms with E-state index in [1.807, 2.05) is 36.1 Å². The molecule has 0 saturated heterocycles. The average molecular weight is 305 g/mol. The molecule has 0 unspecified atom stereocenters. The van der Waals surface area contributed by atoms with Crippen LogP contribution in [-0.2, 0) is 0 Å². The Bertz CT molecular complexity index is 443. The van der Waals surface area contributed by atoms with E-state index in [2.05, 4.69) is 38.0 Å². The van der Waals surface area contributed by atoms with Gasteiger partial charge < -0.3 is 14.7 Å². The molecule has 0 aliphatic heterocycles. The summed E-state index contributed by atoms with van der Waals surface area (Å²) < 4.78 is 0. The van der Waals surface area contributed by atoms with Crippen LogP contribution in [0.2, 0.25) is 0 Å². The van der Waals surface area contributed by atoms with Crippen LogP contribution in [0, 0.1) is 6.92 Å². The van der Waals surface area contributed by atoms with Crippen LogP contribution in [0.3, 0.4) is 0 Å². The predicted molar refractivity (Wildman–Crippen MR) is 93.4 cm³/mol. The van der Waals surface area contributed by atoms with Crippen molar-refractivity contribution in [1.29, 1.82) is 0 Å². The molecule has 124 valence electrons. The smallest absolute Gasteiger partial charge is 0.254 e. The fraction of sp³-hybridized carbons (Fsp3) is 0.611. The average Bonchev–Trinajstić information content (AvgIpc) is 2.45. The number of carbonyl (C=O) groups excluding carboxylic acids is 1. The highest BCUT2D eigenvalue weighted by Crippen LogP contribution is 2.11. The molecule has 1 aromatic rings. The third-order valence-electron chi connectivity index (χ3n) is 3.73. The zero-order valence-electron chi connectivity index (χ0n) is 14.8. The van der Waals surface area contributed by atoms with Crippen molar-refractivity contribution in [3.05, 3.63) is 35.4 Å². The van der Waals surface area contributed by atoms with Crippen molar-refractivity contribution in [2.24, 2.45) is 0 Å². The molecular weight excluding hydrogens is 274 g/mol. The monoisotopic (exact) mass is 305 g/mol. The maximum Gasteiger partial charge on any atom is 0.254 e. The lowest BCUT2D eigenvalue weighted by molar-refractivity contribution is 0.0744. The number of carbonyl (C=O) groups is 1. The lowest BCUT2D eigenvalue weighted by atomic mass is 10.1. The summed E-state index contributed by atoms with van der Waals surface area (Å²) in [6.45, 7) is 5.65. The Morgan fingerprint density at radius 3 is 1.82 bits per heavy atom.